The summed E-state index contributed by atoms with van der Waals surface area (Å²) in [5.74, 6) is 1.18. The van der Waals surface area contributed by atoms with Crippen molar-refractivity contribution in [2.24, 2.45) is 5.92 Å². The minimum absolute atomic E-state index is 0.109. The summed E-state index contributed by atoms with van der Waals surface area (Å²) in [5, 5.41) is 4.35. The molecule has 0 N–H and O–H groups in total. The highest BCUT2D eigenvalue weighted by Crippen LogP contribution is 2.36. The summed E-state index contributed by atoms with van der Waals surface area (Å²) < 4.78 is 7.17. The van der Waals surface area contributed by atoms with E-state index in [1.54, 1.807) is 4.52 Å². The number of morpholine rings is 1. The number of ether oxygens (including phenoxy) is 1. The Bertz CT molecular complexity index is 737. The third-order valence-corrected chi connectivity index (χ3v) is 4.40. The van der Waals surface area contributed by atoms with Gasteiger partial charge in [0.05, 0.1) is 19.3 Å². The fourth-order valence-electron chi connectivity index (χ4n) is 3.13. The number of hydrogen-bond donors (Lipinski definition) is 0. The zero-order valence-corrected chi connectivity index (χ0v) is 12.8. The van der Waals surface area contributed by atoms with Crippen LogP contribution in [0.2, 0.25) is 0 Å². The van der Waals surface area contributed by atoms with E-state index in [0.717, 1.165) is 11.4 Å². The third-order valence-electron chi connectivity index (χ3n) is 4.40. The lowest BCUT2D eigenvalue weighted by atomic mass is 10.1. The summed E-state index contributed by atoms with van der Waals surface area (Å²) in [6, 6.07) is 2.10. The number of aromatic nitrogens is 4. The molecule has 7 heteroatoms. The minimum Gasteiger partial charge on any atom is -0.377 e. The molecule has 1 saturated heterocycles. The number of hydrogen-bond acceptors (Lipinski definition) is 5. The number of amides is 1. The first kappa shape index (κ1) is 13.6. The Kier molecular flexibility index (Phi) is 3.11. The van der Waals surface area contributed by atoms with Crippen molar-refractivity contribution in [3.05, 3.63) is 23.3 Å². The van der Waals surface area contributed by atoms with Gasteiger partial charge in [0.25, 0.3) is 11.7 Å². The lowest BCUT2D eigenvalue weighted by Gasteiger charge is -2.35. The van der Waals surface area contributed by atoms with Gasteiger partial charge in [0.2, 0.25) is 5.82 Å². The van der Waals surface area contributed by atoms with Crippen LogP contribution in [-0.2, 0) is 4.74 Å². The second-order valence-corrected chi connectivity index (χ2v) is 6.16. The number of nitrogens with zero attached hydrogens (tertiary/aromatic N) is 5. The molecule has 0 spiro atoms. The van der Waals surface area contributed by atoms with Crippen LogP contribution in [0.3, 0.4) is 0 Å². The van der Waals surface area contributed by atoms with E-state index in [-0.39, 0.29) is 17.8 Å². The van der Waals surface area contributed by atoms with Crippen LogP contribution in [0.25, 0.3) is 5.78 Å². The first-order valence-corrected chi connectivity index (χ1v) is 7.73. The van der Waals surface area contributed by atoms with E-state index in [2.05, 4.69) is 15.1 Å². The molecule has 2 fully saturated rings. The average Bonchev–Trinajstić information content (AvgIpc) is 3.26. The van der Waals surface area contributed by atoms with Crippen LogP contribution in [0.15, 0.2) is 6.07 Å². The topological polar surface area (TPSA) is 72.6 Å². The van der Waals surface area contributed by atoms with Crippen LogP contribution in [0.5, 0.6) is 0 Å². The smallest absolute Gasteiger partial charge is 0.294 e. The first-order chi connectivity index (χ1) is 10.6. The van der Waals surface area contributed by atoms with Crippen molar-refractivity contribution in [2.75, 3.05) is 19.8 Å². The van der Waals surface area contributed by atoms with Gasteiger partial charge in [-0.1, -0.05) is 0 Å². The largest absolute Gasteiger partial charge is 0.377 e. The van der Waals surface area contributed by atoms with Gasteiger partial charge >= 0.3 is 0 Å². The molecule has 0 aromatic carbocycles. The summed E-state index contributed by atoms with van der Waals surface area (Å²) >= 11 is 0. The molecule has 1 aliphatic carbocycles. The highest BCUT2D eigenvalue weighted by molar-refractivity contribution is 5.91. The molecule has 1 unspecified atom stereocenters. The van der Waals surface area contributed by atoms with Gasteiger partial charge in [-0.25, -0.2) is 9.50 Å². The molecule has 2 aliphatic rings. The third kappa shape index (κ3) is 2.25. The number of rotatable bonds is 2. The molecule has 1 amide bonds. The van der Waals surface area contributed by atoms with Crippen molar-refractivity contribution in [3.63, 3.8) is 0 Å². The number of aryl methyl sites for hydroxylation is 2. The fourth-order valence-corrected chi connectivity index (χ4v) is 3.13. The van der Waals surface area contributed by atoms with Crippen molar-refractivity contribution in [1.29, 1.82) is 0 Å². The lowest BCUT2D eigenvalue weighted by Crippen LogP contribution is -2.50. The predicted molar refractivity (Wildman–Crippen MR) is 78.6 cm³/mol. The van der Waals surface area contributed by atoms with Gasteiger partial charge in [-0.05, 0) is 38.7 Å². The molecule has 22 heavy (non-hydrogen) atoms. The maximum Gasteiger partial charge on any atom is 0.294 e. The van der Waals surface area contributed by atoms with Gasteiger partial charge in [-0.2, -0.15) is 4.98 Å². The summed E-state index contributed by atoms with van der Waals surface area (Å²) in [4.78, 5) is 23.4. The Balaban J connectivity index is 1.68. The molecule has 3 heterocycles. The van der Waals surface area contributed by atoms with Crippen LogP contribution < -0.4 is 0 Å². The first-order valence-electron chi connectivity index (χ1n) is 7.73. The van der Waals surface area contributed by atoms with Crippen LogP contribution in [-0.4, -0.2) is 56.2 Å². The van der Waals surface area contributed by atoms with Crippen molar-refractivity contribution in [1.82, 2.24) is 24.5 Å². The number of fused-ring (bicyclic) bond motifs is 1. The van der Waals surface area contributed by atoms with E-state index >= 15 is 0 Å². The van der Waals surface area contributed by atoms with Crippen molar-refractivity contribution in [3.8, 4) is 0 Å². The SMILES string of the molecule is Cc1cc(C)n2nc(C(=O)N3CCOCC3C3CC3)nc2n1. The Hall–Kier alpha value is -2.02. The molecule has 0 bridgehead atoms. The van der Waals surface area contributed by atoms with E-state index < -0.39 is 0 Å². The molecule has 4 rings (SSSR count). The highest BCUT2D eigenvalue weighted by atomic mass is 16.5. The highest BCUT2D eigenvalue weighted by Gasteiger charge is 2.40. The standard InChI is InChI=1S/C15H19N5O2/c1-9-7-10(2)20-15(16-9)17-13(18-20)14(21)19-5-6-22-8-12(19)11-3-4-11/h7,11-12H,3-6,8H2,1-2H3. The molecular formula is C15H19N5O2. The predicted octanol–water partition coefficient (Wildman–Crippen LogP) is 0.992. The van der Waals surface area contributed by atoms with Crippen molar-refractivity contribution >= 4 is 11.7 Å². The second kappa shape index (κ2) is 5.01. The number of carbonyl (C=O) groups excluding carboxylic acids is 1. The second-order valence-electron chi connectivity index (χ2n) is 6.16. The van der Waals surface area contributed by atoms with Crippen LogP contribution in [0, 0.1) is 19.8 Å². The molecule has 0 radical (unpaired) electrons. The van der Waals surface area contributed by atoms with Gasteiger partial charge in [0, 0.05) is 17.9 Å². The van der Waals surface area contributed by atoms with Gasteiger partial charge in [-0.15, -0.1) is 5.10 Å². The van der Waals surface area contributed by atoms with E-state index in [9.17, 15) is 4.79 Å². The van der Waals surface area contributed by atoms with Gasteiger partial charge < -0.3 is 9.64 Å². The monoisotopic (exact) mass is 301 g/mol. The summed E-state index contributed by atoms with van der Waals surface area (Å²) in [7, 11) is 0. The lowest BCUT2D eigenvalue weighted by molar-refractivity contribution is -0.00894. The summed E-state index contributed by atoms with van der Waals surface area (Å²) in [5.41, 5.74) is 1.80. The van der Waals surface area contributed by atoms with Gasteiger partial charge in [0.15, 0.2) is 0 Å². The Morgan fingerprint density at radius 1 is 1.32 bits per heavy atom. The van der Waals surface area contributed by atoms with Gasteiger partial charge in [0.1, 0.15) is 0 Å². The summed E-state index contributed by atoms with van der Waals surface area (Å²) in [6.07, 6.45) is 2.35. The molecule has 116 valence electrons. The maximum atomic E-state index is 12.8. The maximum absolute atomic E-state index is 12.8. The molecule has 2 aromatic rings. The molecular weight excluding hydrogens is 282 g/mol. The summed E-state index contributed by atoms with van der Waals surface area (Å²) in [6.45, 7) is 5.67. The normalized spacial score (nSPS) is 22.3. The molecule has 1 aliphatic heterocycles. The van der Waals surface area contributed by atoms with E-state index in [1.165, 1.54) is 12.8 Å². The van der Waals surface area contributed by atoms with Crippen molar-refractivity contribution in [2.45, 2.75) is 32.7 Å². The molecule has 7 nitrogen and oxygen atoms in total. The fraction of sp³-hybridized carbons (Fsp3) is 0.600. The molecule has 2 aromatic heterocycles. The van der Waals surface area contributed by atoms with E-state index in [1.807, 2.05) is 24.8 Å². The van der Waals surface area contributed by atoms with E-state index in [4.69, 9.17) is 4.74 Å². The Morgan fingerprint density at radius 2 is 2.14 bits per heavy atom. The van der Waals surface area contributed by atoms with Crippen LogP contribution in [0.1, 0.15) is 34.8 Å². The molecule has 1 saturated carbocycles. The minimum atomic E-state index is -0.109. The number of carbonyl (C=O) groups is 1. The van der Waals surface area contributed by atoms with E-state index in [0.29, 0.717) is 31.5 Å². The Labute approximate surface area is 128 Å². The van der Waals surface area contributed by atoms with Crippen molar-refractivity contribution < 1.29 is 9.53 Å². The zero-order valence-electron chi connectivity index (χ0n) is 12.8. The quantitative estimate of drug-likeness (QED) is 0.827. The van der Waals surface area contributed by atoms with Crippen LogP contribution in [0.4, 0.5) is 0 Å². The molecule has 1 atom stereocenters. The van der Waals surface area contributed by atoms with Crippen LogP contribution >= 0.6 is 0 Å². The Morgan fingerprint density at radius 3 is 2.91 bits per heavy atom. The van der Waals surface area contributed by atoms with Gasteiger partial charge in [-0.3, -0.25) is 4.79 Å². The zero-order chi connectivity index (χ0) is 15.3. The average molecular weight is 301 g/mol.